The molecule has 4 nitrogen and oxygen atoms in total. The Morgan fingerprint density at radius 3 is 2.27 bits per heavy atom. The van der Waals surface area contributed by atoms with Crippen molar-refractivity contribution in [1.82, 2.24) is 0 Å². The van der Waals surface area contributed by atoms with E-state index >= 15 is 0 Å². The summed E-state index contributed by atoms with van der Waals surface area (Å²) in [6.45, 7) is 2.72. The number of methoxy groups -OCH3 is 2. The molecule has 0 spiro atoms. The molecule has 1 heterocycles. The maximum Gasteiger partial charge on any atom is 0.162 e. The van der Waals surface area contributed by atoms with Gasteiger partial charge in [0.15, 0.2) is 11.5 Å². The summed E-state index contributed by atoms with van der Waals surface area (Å²) >= 11 is 12.9. The van der Waals surface area contributed by atoms with Crippen molar-refractivity contribution in [2.45, 2.75) is 25.8 Å². The molecular formula is C20H24Cl2N2O2. The molecule has 140 valence electrons. The van der Waals surface area contributed by atoms with Crippen molar-refractivity contribution < 1.29 is 9.47 Å². The number of benzene rings is 2. The predicted molar refractivity (Wildman–Crippen MR) is 109 cm³/mol. The van der Waals surface area contributed by atoms with Gasteiger partial charge < -0.3 is 19.7 Å². The molecule has 0 amide bonds. The molecule has 0 saturated carbocycles. The summed E-state index contributed by atoms with van der Waals surface area (Å²) in [5, 5.41) is 4.78. The van der Waals surface area contributed by atoms with Crippen molar-refractivity contribution >= 4 is 34.6 Å². The highest BCUT2D eigenvalue weighted by Gasteiger charge is 2.14. The van der Waals surface area contributed by atoms with Crippen molar-refractivity contribution in [3.63, 3.8) is 0 Å². The predicted octanol–water partition coefficient (Wildman–Crippen LogP) is 5.61. The largest absolute Gasteiger partial charge is 0.493 e. The van der Waals surface area contributed by atoms with Crippen molar-refractivity contribution in [3.8, 4) is 11.5 Å². The fourth-order valence-electron chi connectivity index (χ4n) is 3.24. The third-order valence-corrected chi connectivity index (χ3v) is 5.33. The van der Waals surface area contributed by atoms with Crippen LogP contribution in [0.3, 0.4) is 0 Å². The van der Waals surface area contributed by atoms with Gasteiger partial charge in [0.05, 0.1) is 24.9 Å². The standard InChI is InChI=1S/C20H24Cl2N2O2/c1-25-19-10-14(16(21)12-20(19)26-2)13-23-15-6-7-18(17(22)11-15)24-8-4-3-5-9-24/h6-7,10-12,23H,3-5,8-9,13H2,1-2H3. The second-order valence-electron chi connectivity index (χ2n) is 6.37. The van der Waals surface area contributed by atoms with Gasteiger partial charge >= 0.3 is 0 Å². The number of piperidine rings is 1. The summed E-state index contributed by atoms with van der Waals surface area (Å²) in [5.41, 5.74) is 3.00. The number of hydrogen-bond acceptors (Lipinski definition) is 4. The lowest BCUT2D eigenvalue weighted by Gasteiger charge is -2.29. The van der Waals surface area contributed by atoms with Crippen LogP contribution in [-0.2, 0) is 6.54 Å². The Bertz CT molecular complexity index is 762. The van der Waals surface area contributed by atoms with Gasteiger partial charge in [0.1, 0.15) is 0 Å². The van der Waals surface area contributed by atoms with Gasteiger partial charge in [-0.15, -0.1) is 0 Å². The first kappa shape index (κ1) is 19.0. The molecule has 2 aromatic carbocycles. The van der Waals surface area contributed by atoms with Crippen LogP contribution >= 0.6 is 23.2 Å². The molecule has 26 heavy (non-hydrogen) atoms. The average Bonchev–Trinajstić information content (AvgIpc) is 2.67. The molecular weight excluding hydrogens is 371 g/mol. The first-order valence-electron chi connectivity index (χ1n) is 8.81. The maximum atomic E-state index is 6.52. The second-order valence-corrected chi connectivity index (χ2v) is 7.18. The molecule has 1 N–H and O–H groups in total. The molecule has 0 unspecified atom stereocenters. The van der Waals surface area contributed by atoms with Crippen molar-refractivity contribution in [2.75, 3.05) is 37.5 Å². The minimum atomic E-state index is 0.568. The van der Waals surface area contributed by atoms with E-state index in [1.165, 1.54) is 19.3 Å². The zero-order valence-electron chi connectivity index (χ0n) is 15.1. The van der Waals surface area contributed by atoms with E-state index in [4.69, 9.17) is 32.7 Å². The van der Waals surface area contributed by atoms with Gasteiger partial charge in [0.25, 0.3) is 0 Å². The Morgan fingerprint density at radius 1 is 0.923 bits per heavy atom. The van der Waals surface area contributed by atoms with Gasteiger partial charge in [-0.25, -0.2) is 0 Å². The molecule has 0 aliphatic carbocycles. The number of nitrogens with zero attached hydrogens (tertiary/aromatic N) is 1. The average molecular weight is 395 g/mol. The first-order chi connectivity index (χ1) is 12.6. The zero-order valence-corrected chi connectivity index (χ0v) is 16.7. The van der Waals surface area contributed by atoms with Crippen LogP contribution in [0.2, 0.25) is 10.0 Å². The third-order valence-electron chi connectivity index (χ3n) is 4.68. The van der Waals surface area contributed by atoms with Gasteiger partial charge in [0.2, 0.25) is 0 Å². The monoisotopic (exact) mass is 394 g/mol. The molecule has 0 atom stereocenters. The SMILES string of the molecule is COc1cc(Cl)c(CNc2ccc(N3CCCCC3)c(Cl)c2)cc1OC. The highest BCUT2D eigenvalue weighted by atomic mass is 35.5. The van der Waals surface area contributed by atoms with Gasteiger partial charge in [-0.2, -0.15) is 0 Å². The lowest BCUT2D eigenvalue weighted by atomic mass is 10.1. The van der Waals surface area contributed by atoms with Crippen LogP contribution in [0.4, 0.5) is 11.4 Å². The summed E-state index contributed by atoms with van der Waals surface area (Å²) in [5.74, 6) is 1.28. The summed E-state index contributed by atoms with van der Waals surface area (Å²) in [6.07, 6.45) is 3.77. The van der Waals surface area contributed by atoms with Crippen LogP contribution in [0.1, 0.15) is 24.8 Å². The van der Waals surface area contributed by atoms with E-state index in [2.05, 4.69) is 22.3 Å². The van der Waals surface area contributed by atoms with E-state index in [-0.39, 0.29) is 0 Å². The smallest absolute Gasteiger partial charge is 0.162 e. The van der Waals surface area contributed by atoms with Gasteiger partial charge in [-0.3, -0.25) is 0 Å². The second kappa shape index (κ2) is 8.74. The summed E-state index contributed by atoms with van der Waals surface area (Å²) in [7, 11) is 3.21. The molecule has 2 aromatic rings. The van der Waals surface area contributed by atoms with Crippen molar-refractivity contribution in [2.24, 2.45) is 0 Å². The van der Waals surface area contributed by atoms with E-state index in [9.17, 15) is 0 Å². The number of halogens is 2. The molecule has 6 heteroatoms. The van der Waals surface area contributed by atoms with E-state index in [1.807, 2.05) is 12.1 Å². The molecule has 0 aromatic heterocycles. The zero-order chi connectivity index (χ0) is 18.5. The van der Waals surface area contributed by atoms with Crippen LogP contribution in [0.5, 0.6) is 11.5 Å². The number of anilines is 2. The van der Waals surface area contributed by atoms with Crippen molar-refractivity contribution in [3.05, 3.63) is 45.9 Å². The van der Waals surface area contributed by atoms with Crippen LogP contribution in [0, 0.1) is 0 Å². The summed E-state index contributed by atoms with van der Waals surface area (Å²) < 4.78 is 10.6. The van der Waals surface area contributed by atoms with E-state index in [0.29, 0.717) is 23.1 Å². The van der Waals surface area contributed by atoms with Gasteiger partial charge in [-0.1, -0.05) is 23.2 Å². The normalized spacial score (nSPS) is 14.2. The Labute approximate surface area is 165 Å². The molecule has 0 radical (unpaired) electrons. The number of ether oxygens (including phenoxy) is 2. The molecule has 1 aliphatic heterocycles. The highest BCUT2D eigenvalue weighted by molar-refractivity contribution is 6.33. The quantitative estimate of drug-likeness (QED) is 0.689. The fourth-order valence-corrected chi connectivity index (χ4v) is 3.76. The minimum Gasteiger partial charge on any atom is -0.493 e. The maximum absolute atomic E-state index is 6.52. The first-order valence-corrected chi connectivity index (χ1v) is 9.56. The number of hydrogen-bond donors (Lipinski definition) is 1. The van der Waals surface area contributed by atoms with Gasteiger partial charge in [-0.05, 0) is 49.1 Å². The molecule has 3 rings (SSSR count). The third kappa shape index (κ3) is 4.30. The van der Waals surface area contributed by atoms with E-state index < -0.39 is 0 Å². The van der Waals surface area contributed by atoms with Crippen LogP contribution in [0.25, 0.3) is 0 Å². The van der Waals surface area contributed by atoms with Crippen LogP contribution in [-0.4, -0.2) is 27.3 Å². The number of nitrogens with one attached hydrogen (secondary N) is 1. The lowest BCUT2D eigenvalue weighted by Crippen LogP contribution is -2.29. The number of rotatable bonds is 6. The van der Waals surface area contributed by atoms with Crippen LogP contribution in [0.15, 0.2) is 30.3 Å². The summed E-state index contributed by atoms with van der Waals surface area (Å²) in [6, 6.07) is 9.78. The highest BCUT2D eigenvalue weighted by Crippen LogP contribution is 2.34. The minimum absolute atomic E-state index is 0.568. The molecule has 1 fully saturated rings. The van der Waals surface area contributed by atoms with Gasteiger partial charge in [0, 0.05) is 36.4 Å². The Hall–Kier alpha value is -1.78. The Morgan fingerprint density at radius 2 is 1.62 bits per heavy atom. The summed E-state index contributed by atoms with van der Waals surface area (Å²) in [4.78, 5) is 2.36. The molecule has 0 bridgehead atoms. The van der Waals surface area contributed by atoms with Crippen LogP contribution < -0.4 is 19.7 Å². The Balaban J connectivity index is 1.71. The van der Waals surface area contributed by atoms with Crippen molar-refractivity contribution in [1.29, 1.82) is 0 Å². The lowest BCUT2D eigenvalue weighted by molar-refractivity contribution is 0.354. The topological polar surface area (TPSA) is 33.7 Å². The Kier molecular flexibility index (Phi) is 6.38. The fraction of sp³-hybridized carbons (Fsp3) is 0.400. The molecule has 1 aliphatic rings. The van der Waals surface area contributed by atoms with E-state index in [1.54, 1.807) is 20.3 Å². The van der Waals surface area contributed by atoms with E-state index in [0.717, 1.165) is 35.1 Å². The molecule has 1 saturated heterocycles.